The summed E-state index contributed by atoms with van der Waals surface area (Å²) in [5, 5.41) is 11.1. The van der Waals surface area contributed by atoms with Crippen LogP contribution >= 0.6 is 0 Å². The molecule has 0 bridgehead atoms. The molecule has 136 valence electrons. The van der Waals surface area contributed by atoms with Gasteiger partial charge in [0.15, 0.2) is 0 Å². The number of rotatable bonds is 2. The number of carbonyl (C=O) groups is 1. The fraction of sp³-hybridized carbons (Fsp3) is 0.857. The van der Waals surface area contributed by atoms with Gasteiger partial charge < -0.3 is 9.84 Å². The van der Waals surface area contributed by atoms with Crippen LogP contribution in [0.25, 0.3) is 0 Å². The molecule has 0 aromatic carbocycles. The molecular formula is C21H34O3. The molecule has 0 heterocycles. The number of ether oxygens (including phenoxy) is 1. The third-order valence-corrected chi connectivity index (χ3v) is 8.20. The van der Waals surface area contributed by atoms with Gasteiger partial charge in [0.05, 0.1) is 18.6 Å². The minimum Gasteiger partial charge on any atom is -0.469 e. The number of aliphatic hydroxyl groups excluding tert-OH is 1. The zero-order valence-electron chi connectivity index (χ0n) is 16.0. The van der Waals surface area contributed by atoms with Gasteiger partial charge in [0.25, 0.3) is 0 Å². The van der Waals surface area contributed by atoms with E-state index < -0.39 is 0 Å². The number of aliphatic hydroxyl groups is 1. The molecule has 0 aliphatic heterocycles. The molecule has 0 spiro atoms. The van der Waals surface area contributed by atoms with E-state index in [0.29, 0.717) is 11.8 Å². The number of allylic oxidation sites excluding steroid dienone is 1. The lowest BCUT2D eigenvalue weighted by Gasteiger charge is -2.60. The number of hydrogen-bond donors (Lipinski definition) is 1. The third-order valence-electron chi connectivity index (χ3n) is 8.20. The van der Waals surface area contributed by atoms with Crippen LogP contribution in [0.2, 0.25) is 0 Å². The molecule has 0 aromatic heterocycles. The molecule has 0 amide bonds. The number of methoxy groups -OCH3 is 1. The first-order valence-electron chi connectivity index (χ1n) is 9.69. The average molecular weight is 334 g/mol. The molecule has 3 heteroatoms. The summed E-state index contributed by atoms with van der Waals surface area (Å²) in [6.45, 7) is 8.89. The van der Waals surface area contributed by atoms with E-state index in [-0.39, 0.29) is 28.3 Å². The molecule has 3 aliphatic carbocycles. The zero-order valence-corrected chi connectivity index (χ0v) is 16.0. The van der Waals surface area contributed by atoms with Crippen LogP contribution in [-0.4, -0.2) is 24.3 Å². The maximum absolute atomic E-state index is 12.6. The van der Waals surface area contributed by atoms with Crippen LogP contribution in [0.3, 0.4) is 0 Å². The van der Waals surface area contributed by atoms with Gasteiger partial charge in [-0.25, -0.2) is 0 Å². The predicted molar refractivity (Wildman–Crippen MR) is 95.4 cm³/mol. The summed E-state index contributed by atoms with van der Waals surface area (Å²) in [5.74, 6) is 0.679. The molecule has 1 N–H and O–H groups in total. The molecule has 6 atom stereocenters. The van der Waals surface area contributed by atoms with E-state index in [2.05, 4.69) is 33.8 Å². The minimum absolute atomic E-state index is 0.00580. The van der Waals surface area contributed by atoms with Gasteiger partial charge in [-0.1, -0.05) is 33.3 Å². The molecule has 3 nitrogen and oxygen atoms in total. The maximum Gasteiger partial charge on any atom is 0.311 e. The van der Waals surface area contributed by atoms with E-state index in [9.17, 15) is 9.90 Å². The van der Waals surface area contributed by atoms with Crippen molar-refractivity contribution >= 4 is 5.97 Å². The Bertz CT molecular complexity index is 553. The fourth-order valence-electron chi connectivity index (χ4n) is 6.30. The second kappa shape index (κ2) is 5.86. The summed E-state index contributed by atoms with van der Waals surface area (Å²) in [6.07, 6.45) is 9.22. The topological polar surface area (TPSA) is 46.5 Å². The number of esters is 1. The van der Waals surface area contributed by atoms with Crippen molar-refractivity contribution in [2.45, 2.75) is 78.7 Å². The lowest BCUT2D eigenvalue weighted by Crippen LogP contribution is -2.56. The summed E-state index contributed by atoms with van der Waals surface area (Å²) in [6, 6.07) is 0. The Morgan fingerprint density at radius 2 is 2.00 bits per heavy atom. The van der Waals surface area contributed by atoms with Crippen LogP contribution in [0.15, 0.2) is 11.6 Å². The number of carbonyl (C=O) groups excluding carboxylic acids is 1. The van der Waals surface area contributed by atoms with Crippen molar-refractivity contribution in [2.75, 3.05) is 7.11 Å². The van der Waals surface area contributed by atoms with Crippen LogP contribution in [0.5, 0.6) is 0 Å². The Kier molecular flexibility index (Phi) is 4.39. The third kappa shape index (κ3) is 2.30. The second-order valence-corrected chi connectivity index (χ2v) is 9.26. The second-order valence-electron chi connectivity index (χ2n) is 9.26. The molecular weight excluding hydrogens is 300 g/mol. The standard InChI is InChI=1S/C21H34O3/c1-6-19(2)13-10-15-14(17(19)22)8-9-16-20(15,3)11-7-12-21(16,4)18(23)24-5/h8,15-17,22H,6-7,9-13H2,1-5H3/t15-,16+,17+,19-,20+,21+/m0/s1. The van der Waals surface area contributed by atoms with Gasteiger partial charge in [-0.15, -0.1) is 0 Å². The lowest BCUT2D eigenvalue weighted by atomic mass is 9.45. The first kappa shape index (κ1) is 18.0. The van der Waals surface area contributed by atoms with Gasteiger partial charge in [0.2, 0.25) is 0 Å². The van der Waals surface area contributed by atoms with E-state index in [1.165, 1.54) is 12.7 Å². The Hall–Kier alpha value is -0.830. The molecule has 0 radical (unpaired) electrons. The molecule has 0 aromatic rings. The molecule has 0 unspecified atom stereocenters. The van der Waals surface area contributed by atoms with Crippen LogP contribution in [0, 0.1) is 28.1 Å². The SMILES string of the molecule is CC[C@@]1(C)CC[C@H]2C(=CC[C@@H]3[C@]2(C)CCC[C@@]3(C)C(=O)OC)[C@H]1O. The Morgan fingerprint density at radius 3 is 2.62 bits per heavy atom. The van der Waals surface area contributed by atoms with Crippen LogP contribution in [-0.2, 0) is 9.53 Å². The van der Waals surface area contributed by atoms with Crippen molar-refractivity contribution in [3.8, 4) is 0 Å². The van der Waals surface area contributed by atoms with E-state index in [1.807, 2.05) is 0 Å². The van der Waals surface area contributed by atoms with Gasteiger partial charge in [0.1, 0.15) is 0 Å². The van der Waals surface area contributed by atoms with Gasteiger partial charge in [-0.2, -0.15) is 0 Å². The van der Waals surface area contributed by atoms with E-state index in [1.54, 1.807) is 0 Å². The van der Waals surface area contributed by atoms with Gasteiger partial charge in [-0.3, -0.25) is 4.79 Å². The first-order chi connectivity index (χ1) is 11.2. The normalized spacial score (nSPS) is 48.1. The Labute approximate surface area is 146 Å². The summed E-state index contributed by atoms with van der Waals surface area (Å²) < 4.78 is 5.19. The van der Waals surface area contributed by atoms with Gasteiger partial charge >= 0.3 is 5.97 Å². The van der Waals surface area contributed by atoms with E-state index >= 15 is 0 Å². The van der Waals surface area contributed by atoms with Gasteiger partial charge in [0, 0.05) is 0 Å². The zero-order chi connectivity index (χ0) is 17.8. The van der Waals surface area contributed by atoms with Crippen molar-refractivity contribution in [1.29, 1.82) is 0 Å². The lowest BCUT2D eigenvalue weighted by molar-refractivity contribution is -0.168. The molecule has 2 saturated carbocycles. The highest BCUT2D eigenvalue weighted by atomic mass is 16.5. The quantitative estimate of drug-likeness (QED) is 0.598. The number of hydrogen-bond acceptors (Lipinski definition) is 3. The van der Waals surface area contributed by atoms with Crippen molar-refractivity contribution in [3.05, 3.63) is 11.6 Å². The van der Waals surface area contributed by atoms with Crippen molar-refractivity contribution < 1.29 is 14.6 Å². The smallest absolute Gasteiger partial charge is 0.311 e. The van der Waals surface area contributed by atoms with Crippen LogP contribution in [0.1, 0.15) is 72.6 Å². The highest BCUT2D eigenvalue weighted by molar-refractivity contribution is 5.77. The van der Waals surface area contributed by atoms with Gasteiger partial charge in [-0.05, 0) is 73.7 Å². The summed E-state index contributed by atoms with van der Waals surface area (Å²) in [4.78, 5) is 12.6. The molecule has 3 rings (SSSR count). The molecule has 0 saturated heterocycles. The predicted octanol–water partition coefficient (Wildman–Crippen LogP) is 4.49. The fourth-order valence-corrected chi connectivity index (χ4v) is 6.30. The highest BCUT2D eigenvalue weighted by Crippen LogP contribution is 2.64. The first-order valence-corrected chi connectivity index (χ1v) is 9.69. The van der Waals surface area contributed by atoms with Crippen molar-refractivity contribution in [3.63, 3.8) is 0 Å². The molecule has 2 fully saturated rings. The minimum atomic E-state index is -0.389. The van der Waals surface area contributed by atoms with E-state index in [4.69, 9.17) is 4.74 Å². The number of fused-ring (bicyclic) bond motifs is 3. The summed E-state index contributed by atoms with van der Waals surface area (Å²) >= 11 is 0. The average Bonchev–Trinajstić information content (AvgIpc) is 2.57. The Balaban J connectivity index is 2.00. The maximum atomic E-state index is 12.6. The molecule has 3 aliphatic rings. The Morgan fingerprint density at radius 1 is 1.29 bits per heavy atom. The highest BCUT2D eigenvalue weighted by Gasteiger charge is 2.59. The van der Waals surface area contributed by atoms with E-state index in [0.717, 1.165) is 44.9 Å². The molecule has 24 heavy (non-hydrogen) atoms. The van der Waals surface area contributed by atoms with Crippen LogP contribution in [0.4, 0.5) is 0 Å². The van der Waals surface area contributed by atoms with Crippen molar-refractivity contribution in [2.24, 2.45) is 28.1 Å². The summed E-state index contributed by atoms with van der Waals surface area (Å²) in [7, 11) is 1.51. The van der Waals surface area contributed by atoms with Crippen molar-refractivity contribution in [1.82, 2.24) is 0 Å². The largest absolute Gasteiger partial charge is 0.469 e. The monoisotopic (exact) mass is 334 g/mol. The summed E-state index contributed by atoms with van der Waals surface area (Å²) in [5.41, 5.74) is 0.978. The van der Waals surface area contributed by atoms with Crippen LogP contribution < -0.4 is 0 Å².